The van der Waals surface area contributed by atoms with Crippen LogP contribution in [0, 0.1) is 23.7 Å². The largest absolute Gasteiger partial charge is 0.393 e. The minimum absolute atomic E-state index is 0.138. The number of hydrogen-bond acceptors (Lipinski definition) is 2. The van der Waals surface area contributed by atoms with E-state index in [0.717, 1.165) is 50.5 Å². The maximum Gasteiger partial charge on any atom is 0.220 e. The average molecular weight is 265 g/mol. The highest BCUT2D eigenvalue weighted by atomic mass is 16.3. The fraction of sp³-hybridized carbons (Fsp3) is 0.938. The van der Waals surface area contributed by atoms with Crippen LogP contribution in [-0.4, -0.2) is 23.7 Å². The van der Waals surface area contributed by atoms with E-state index in [1.807, 2.05) is 0 Å². The third kappa shape index (κ3) is 3.31. The zero-order valence-corrected chi connectivity index (χ0v) is 11.8. The van der Waals surface area contributed by atoms with Gasteiger partial charge in [0.15, 0.2) is 0 Å². The second-order valence-corrected chi connectivity index (χ2v) is 7.13. The van der Waals surface area contributed by atoms with Gasteiger partial charge in [-0.15, -0.1) is 0 Å². The van der Waals surface area contributed by atoms with Crippen LogP contribution in [0.3, 0.4) is 0 Å². The summed E-state index contributed by atoms with van der Waals surface area (Å²) in [6.45, 7) is 0.775. The maximum atomic E-state index is 12.0. The number of amides is 1. The summed E-state index contributed by atoms with van der Waals surface area (Å²) in [6.07, 6.45) is 10.1. The van der Waals surface area contributed by atoms with Crippen LogP contribution in [0.25, 0.3) is 0 Å². The molecule has 3 nitrogen and oxygen atoms in total. The van der Waals surface area contributed by atoms with E-state index in [-0.39, 0.29) is 12.0 Å². The lowest BCUT2D eigenvalue weighted by Crippen LogP contribution is -2.34. The molecule has 0 spiro atoms. The van der Waals surface area contributed by atoms with Crippen molar-refractivity contribution in [1.29, 1.82) is 0 Å². The van der Waals surface area contributed by atoms with Crippen LogP contribution in [0.5, 0.6) is 0 Å². The third-order valence-corrected chi connectivity index (χ3v) is 5.68. The predicted octanol–water partition coefficient (Wildman–Crippen LogP) is 2.48. The standard InChI is InChI=1S/C16H27NO2/c18-15-3-1-2-12(8-15)10-17-16(19)9-14-7-11-4-5-13(14)6-11/h11-15,18H,1-10H2,(H,17,19). The van der Waals surface area contributed by atoms with E-state index in [0.29, 0.717) is 11.8 Å². The zero-order valence-electron chi connectivity index (χ0n) is 11.8. The van der Waals surface area contributed by atoms with Gasteiger partial charge in [0.05, 0.1) is 6.10 Å². The first-order chi connectivity index (χ1) is 9.20. The Kier molecular flexibility index (Phi) is 4.11. The van der Waals surface area contributed by atoms with Crippen LogP contribution in [0.1, 0.15) is 57.8 Å². The molecule has 19 heavy (non-hydrogen) atoms. The second-order valence-electron chi connectivity index (χ2n) is 7.13. The minimum Gasteiger partial charge on any atom is -0.393 e. The van der Waals surface area contributed by atoms with Crippen molar-refractivity contribution in [3.63, 3.8) is 0 Å². The summed E-state index contributed by atoms with van der Waals surface area (Å²) in [4.78, 5) is 12.0. The number of aliphatic hydroxyl groups is 1. The van der Waals surface area contributed by atoms with Crippen molar-refractivity contribution in [2.75, 3.05) is 6.54 Å². The van der Waals surface area contributed by atoms with Gasteiger partial charge in [0, 0.05) is 13.0 Å². The first-order valence-electron chi connectivity index (χ1n) is 8.15. The molecule has 0 aliphatic heterocycles. The summed E-state index contributed by atoms with van der Waals surface area (Å²) in [5.41, 5.74) is 0. The molecule has 0 heterocycles. The van der Waals surface area contributed by atoms with Gasteiger partial charge >= 0.3 is 0 Å². The van der Waals surface area contributed by atoms with Crippen LogP contribution in [0.2, 0.25) is 0 Å². The highest BCUT2D eigenvalue weighted by Crippen LogP contribution is 2.49. The molecule has 3 aliphatic rings. The van der Waals surface area contributed by atoms with Crippen molar-refractivity contribution < 1.29 is 9.90 Å². The molecule has 0 aromatic heterocycles. The van der Waals surface area contributed by atoms with Crippen molar-refractivity contribution >= 4 is 5.91 Å². The number of carbonyl (C=O) groups is 1. The fourth-order valence-corrected chi connectivity index (χ4v) is 4.64. The van der Waals surface area contributed by atoms with Gasteiger partial charge in [-0.05, 0) is 62.2 Å². The van der Waals surface area contributed by atoms with Gasteiger partial charge in [-0.1, -0.05) is 12.8 Å². The lowest BCUT2D eigenvalue weighted by atomic mass is 9.85. The zero-order chi connectivity index (χ0) is 13.2. The molecule has 0 radical (unpaired) electrons. The van der Waals surface area contributed by atoms with Gasteiger partial charge in [0.25, 0.3) is 0 Å². The smallest absolute Gasteiger partial charge is 0.220 e. The second kappa shape index (κ2) is 5.82. The molecule has 3 fully saturated rings. The Morgan fingerprint density at radius 2 is 2.00 bits per heavy atom. The van der Waals surface area contributed by atoms with Gasteiger partial charge in [-0.25, -0.2) is 0 Å². The summed E-state index contributed by atoms with van der Waals surface area (Å²) in [5, 5.41) is 12.7. The van der Waals surface area contributed by atoms with Gasteiger partial charge in [-0.3, -0.25) is 4.79 Å². The van der Waals surface area contributed by atoms with Crippen molar-refractivity contribution in [2.24, 2.45) is 23.7 Å². The van der Waals surface area contributed by atoms with Gasteiger partial charge in [-0.2, -0.15) is 0 Å². The van der Waals surface area contributed by atoms with Crippen molar-refractivity contribution in [3.05, 3.63) is 0 Å². The first-order valence-corrected chi connectivity index (χ1v) is 8.15. The Bertz CT molecular complexity index is 331. The van der Waals surface area contributed by atoms with Gasteiger partial charge < -0.3 is 10.4 Å². The summed E-state index contributed by atoms with van der Waals surface area (Å²) in [7, 11) is 0. The molecule has 0 saturated heterocycles. The number of rotatable bonds is 4. The molecule has 1 amide bonds. The summed E-state index contributed by atoms with van der Waals surface area (Å²) in [6, 6.07) is 0. The molecule has 2 N–H and O–H groups in total. The first kappa shape index (κ1) is 13.4. The normalized spacial score (nSPS) is 41.4. The molecule has 3 saturated carbocycles. The van der Waals surface area contributed by atoms with E-state index in [1.54, 1.807) is 0 Å². The summed E-state index contributed by atoms with van der Waals surface area (Å²) < 4.78 is 0. The van der Waals surface area contributed by atoms with E-state index in [9.17, 15) is 9.90 Å². The number of nitrogens with one attached hydrogen (secondary N) is 1. The van der Waals surface area contributed by atoms with Gasteiger partial charge in [0.1, 0.15) is 0 Å². The van der Waals surface area contributed by atoms with Crippen LogP contribution in [-0.2, 0) is 4.79 Å². The molecular weight excluding hydrogens is 238 g/mol. The molecule has 5 atom stereocenters. The molecule has 3 heteroatoms. The average Bonchev–Trinajstić information content (AvgIpc) is 2.99. The Morgan fingerprint density at radius 3 is 2.68 bits per heavy atom. The van der Waals surface area contributed by atoms with E-state index >= 15 is 0 Å². The molecule has 3 aliphatic carbocycles. The Morgan fingerprint density at radius 1 is 1.11 bits per heavy atom. The third-order valence-electron chi connectivity index (χ3n) is 5.68. The number of aliphatic hydroxyl groups excluding tert-OH is 1. The summed E-state index contributed by atoms with van der Waals surface area (Å²) in [5.74, 6) is 3.17. The Labute approximate surface area is 116 Å². The fourth-order valence-electron chi connectivity index (χ4n) is 4.64. The van der Waals surface area contributed by atoms with Crippen LogP contribution in [0.4, 0.5) is 0 Å². The lowest BCUT2D eigenvalue weighted by molar-refractivity contribution is -0.122. The minimum atomic E-state index is -0.138. The van der Waals surface area contributed by atoms with Crippen molar-refractivity contribution in [2.45, 2.75) is 63.9 Å². The number of carbonyl (C=O) groups excluding carboxylic acids is 1. The number of fused-ring (bicyclic) bond motifs is 2. The Hall–Kier alpha value is -0.570. The number of hydrogen-bond donors (Lipinski definition) is 2. The monoisotopic (exact) mass is 265 g/mol. The van der Waals surface area contributed by atoms with E-state index in [4.69, 9.17) is 0 Å². The topological polar surface area (TPSA) is 49.3 Å². The summed E-state index contributed by atoms with van der Waals surface area (Å²) >= 11 is 0. The lowest BCUT2D eigenvalue weighted by Gasteiger charge is -2.26. The van der Waals surface area contributed by atoms with Crippen LogP contribution in [0.15, 0.2) is 0 Å². The van der Waals surface area contributed by atoms with E-state index < -0.39 is 0 Å². The van der Waals surface area contributed by atoms with E-state index in [2.05, 4.69) is 5.32 Å². The molecule has 2 bridgehead atoms. The van der Waals surface area contributed by atoms with Crippen molar-refractivity contribution in [1.82, 2.24) is 5.32 Å². The maximum absolute atomic E-state index is 12.0. The van der Waals surface area contributed by atoms with Crippen LogP contribution < -0.4 is 5.32 Å². The highest BCUT2D eigenvalue weighted by molar-refractivity contribution is 5.76. The molecule has 3 rings (SSSR count). The van der Waals surface area contributed by atoms with E-state index in [1.165, 1.54) is 25.7 Å². The Balaban J connectivity index is 1.37. The van der Waals surface area contributed by atoms with Crippen LogP contribution >= 0.6 is 0 Å². The molecule has 5 unspecified atom stereocenters. The van der Waals surface area contributed by atoms with Crippen molar-refractivity contribution in [3.8, 4) is 0 Å². The molecule has 0 aromatic carbocycles. The SMILES string of the molecule is O=C(CC1CC2CCC1C2)NCC1CCCC(O)C1. The predicted molar refractivity (Wildman–Crippen MR) is 74.5 cm³/mol. The van der Waals surface area contributed by atoms with Gasteiger partial charge in [0.2, 0.25) is 5.91 Å². The molecular formula is C16H27NO2. The molecule has 0 aromatic rings. The highest BCUT2D eigenvalue weighted by Gasteiger charge is 2.40. The quantitative estimate of drug-likeness (QED) is 0.820. The molecule has 108 valence electrons.